The van der Waals surface area contributed by atoms with Crippen LogP contribution in [-0.4, -0.2) is 29.0 Å². The van der Waals surface area contributed by atoms with Crippen molar-refractivity contribution in [2.75, 3.05) is 6.54 Å². The second-order valence-corrected chi connectivity index (χ2v) is 7.67. The van der Waals surface area contributed by atoms with E-state index >= 15 is 0 Å². The van der Waals surface area contributed by atoms with Gasteiger partial charge in [-0.15, -0.1) is 0 Å². The number of nitrogens with two attached hydrogens (primary N) is 1. The molecule has 1 heterocycles. The largest absolute Gasteiger partial charge is 0.544 e. The number of hydrogen-bond donors (Lipinski definition) is 1. The van der Waals surface area contributed by atoms with Crippen LogP contribution < -0.4 is 10.8 Å². The lowest BCUT2D eigenvalue weighted by atomic mass is 10.1. The minimum absolute atomic E-state index is 0.0876. The molecular formula is C22H39N3O2. The summed E-state index contributed by atoms with van der Waals surface area (Å²) in [5.41, 5.74) is 6.05. The second kappa shape index (κ2) is 13.7. The van der Waals surface area contributed by atoms with Gasteiger partial charge in [0.05, 0.1) is 12.2 Å². The standard InChI is InChI=1S/C22H39N3O2/c1-3-4-5-6-7-8-9-10-11-12-13-14-15-16-21-24-17-18-25(21,20(2)23)19-22(26)27/h12-13,17-18,20H,3-11,14-16,19,23H2,1-2H3/b13-12+. The van der Waals surface area contributed by atoms with E-state index < -0.39 is 5.97 Å². The summed E-state index contributed by atoms with van der Waals surface area (Å²) >= 11 is 0. The summed E-state index contributed by atoms with van der Waals surface area (Å²) in [5.74, 6) is -0.275. The van der Waals surface area contributed by atoms with Gasteiger partial charge in [0.15, 0.2) is 0 Å². The van der Waals surface area contributed by atoms with Gasteiger partial charge in [-0.3, -0.25) is 5.73 Å². The zero-order valence-electron chi connectivity index (χ0n) is 17.4. The number of nitrogens with zero attached hydrogens (tertiary/aromatic N) is 2. The van der Waals surface area contributed by atoms with E-state index in [1.807, 2.05) is 6.92 Å². The summed E-state index contributed by atoms with van der Waals surface area (Å²) in [4.78, 5) is 15.5. The Balaban J connectivity index is 2.15. The molecule has 0 amide bonds. The van der Waals surface area contributed by atoms with E-state index in [0.29, 0.717) is 0 Å². The van der Waals surface area contributed by atoms with Gasteiger partial charge in [0.1, 0.15) is 18.9 Å². The zero-order chi connectivity index (χ0) is 20.0. The quantitative estimate of drug-likeness (QED) is 0.251. The maximum Gasteiger partial charge on any atom is 0.209 e. The van der Waals surface area contributed by atoms with Crippen molar-refractivity contribution in [3.05, 3.63) is 24.6 Å². The average molecular weight is 378 g/mol. The van der Waals surface area contributed by atoms with Crippen molar-refractivity contribution in [2.24, 2.45) is 10.7 Å². The summed E-state index contributed by atoms with van der Waals surface area (Å²) in [6.45, 7) is 3.92. The number of carboxylic acids is 1. The highest BCUT2D eigenvalue weighted by Crippen LogP contribution is 2.22. The maximum absolute atomic E-state index is 11.1. The molecule has 0 aliphatic carbocycles. The van der Waals surface area contributed by atoms with Crippen molar-refractivity contribution >= 4 is 11.8 Å². The fourth-order valence-electron chi connectivity index (χ4n) is 3.59. The fraction of sp³-hybridized carbons (Fsp3) is 0.727. The Labute approximate surface area is 165 Å². The van der Waals surface area contributed by atoms with Crippen LogP contribution in [0.3, 0.4) is 0 Å². The van der Waals surface area contributed by atoms with E-state index in [9.17, 15) is 9.90 Å². The Bertz CT molecular complexity index is 512. The van der Waals surface area contributed by atoms with E-state index in [2.05, 4.69) is 24.1 Å². The van der Waals surface area contributed by atoms with Crippen LogP contribution in [0.15, 0.2) is 29.5 Å². The Morgan fingerprint density at radius 2 is 1.70 bits per heavy atom. The van der Waals surface area contributed by atoms with Crippen molar-refractivity contribution in [1.29, 1.82) is 0 Å². The van der Waals surface area contributed by atoms with E-state index in [4.69, 9.17) is 5.73 Å². The average Bonchev–Trinajstić information content (AvgIpc) is 3.02. The van der Waals surface area contributed by atoms with Crippen LogP contribution in [-0.2, 0) is 4.79 Å². The molecule has 1 aliphatic heterocycles. The molecule has 27 heavy (non-hydrogen) atoms. The first-order valence-corrected chi connectivity index (χ1v) is 10.8. The van der Waals surface area contributed by atoms with Gasteiger partial charge in [0.2, 0.25) is 5.84 Å². The smallest absolute Gasteiger partial charge is 0.209 e. The first kappa shape index (κ1) is 23.6. The van der Waals surface area contributed by atoms with Gasteiger partial charge >= 0.3 is 0 Å². The third-order valence-electron chi connectivity index (χ3n) is 5.32. The van der Waals surface area contributed by atoms with Crippen LogP contribution in [0.5, 0.6) is 0 Å². The highest BCUT2D eigenvalue weighted by molar-refractivity contribution is 5.81. The predicted octanol–water partition coefficient (Wildman–Crippen LogP) is 4.00. The number of carboxylic acid groups (broad SMARTS) is 1. The van der Waals surface area contributed by atoms with Gasteiger partial charge in [0.25, 0.3) is 0 Å². The molecule has 2 unspecified atom stereocenters. The van der Waals surface area contributed by atoms with Crippen molar-refractivity contribution in [1.82, 2.24) is 0 Å². The molecule has 0 radical (unpaired) electrons. The Hall–Kier alpha value is -1.46. The van der Waals surface area contributed by atoms with Crippen LogP contribution in [0.1, 0.15) is 90.9 Å². The third-order valence-corrected chi connectivity index (χ3v) is 5.32. The molecule has 0 spiro atoms. The second-order valence-electron chi connectivity index (χ2n) is 7.67. The minimum Gasteiger partial charge on any atom is -0.544 e. The molecule has 5 heteroatoms. The highest BCUT2D eigenvalue weighted by atomic mass is 16.4. The lowest BCUT2D eigenvalue weighted by molar-refractivity contribution is -0.808. The maximum atomic E-state index is 11.1. The number of hydrogen-bond acceptors (Lipinski definition) is 4. The van der Waals surface area contributed by atoms with Crippen LogP contribution in [0.4, 0.5) is 0 Å². The van der Waals surface area contributed by atoms with Gasteiger partial charge < -0.3 is 9.90 Å². The summed E-state index contributed by atoms with van der Waals surface area (Å²) in [6, 6.07) is 0. The van der Waals surface area contributed by atoms with Crippen LogP contribution in [0.2, 0.25) is 0 Å². The van der Waals surface area contributed by atoms with Gasteiger partial charge in [-0.2, -0.15) is 0 Å². The summed E-state index contributed by atoms with van der Waals surface area (Å²) in [7, 11) is 0. The molecule has 0 bridgehead atoms. The van der Waals surface area contributed by atoms with Crippen LogP contribution in [0.25, 0.3) is 0 Å². The number of rotatable bonds is 16. The van der Waals surface area contributed by atoms with Gasteiger partial charge in [-0.25, -0.2) is 9.48 Å². The molecule has 0 saturated heterocycles. The van der Waals surface area contributed by atoms with Gasteiger partial charge in [-0.1, -0.05) is 64.0 Å². The summed E-state index contributed by atoms with van der Waals surface area (Å²) in [6.07, 6.45) is 22.3. The first-order chi connectivity index (χ1) is 13.0. The van der Waals surface area contributed by atoms with Crippen molar-refractivity contribution in [2.45, 2.75) is 97.1 Å². The molecule has 2 N–H and O–H groups in total. The van der Waals surface area contributed by atoms with E-state index in [0.717, 1.165) is 31.5 Å². The highest BCUT2D eigenvalue weighted by Gasteiger charge is 2.38. The Morgan fingerprint density at radius 1 is 1.11 bits per heavy atom. The van der Waals surface area contributed by atoms with Crippen molar-refractivity contribution in [3.8, 4) is 0 Å². The normalized spacial score (nSPS) is 20.3. The molecule has 0 aromatic heterocycles. The topological polar surface area (TPSA) is 78.5 Å². The predicted molar refractivity (Wildman–Crippen MR) is 111 cm³/mol. The monoisotopic (exact) mass is 377 g/mol. The van der Waals surface area contributed by atoms with Crippen molar-refractivity contribution in [3.63, 3.8) is 0 Å². The van der Waals surface area contributed by atoms with Gasteiger partial charge in [0, 0.05) is 13.3 Å². The SMILES string of the molecule is CCCCCCCCCC/C=C/CCCC1=NC=C[N+]1(CC(=O)[O-])C(C)N. The molecule has 5 nitrogen and oxygen atoms in total. The van der Waals surface area contributed by atoms with Crippen LogP contribution >= 0.6 is 0 Å². The number of allylic oxidation sites excluding steroid dienone is 2. The molecule has 0 aromatic rings. The number of carbonyl (C=O) groups excluding carboxylic acids is 1. The van der Waals surface area contributed by atoms with E-state index in [-0.39, 0.29) is 17.2 Å². The molecular weight excluding hydrogens is 338 g/mol. The number of amidine groups is 1. The van der Waals surface area contributed by atoms with E-state index in [1.54, 1.807) is 12.4 Å². The molecule has 0 saturated carbocycles. The number of unbranched alkanes of at least 4 members (excludes halogenated alkanes) is 9. The summed E-state index contributed by atoms with van der Waals surface area (Å²) in [5, 5.41) is 11.1. The molecule has 1 aliphatic rings. The number of carbonyl (C=O) groups is 1. The Kier molecular flexibility index (Phi) is 11.9. The molecule has 154 valence electrons. The molecule has 2 atom stereocenters. The lowest BCUT2D eigenvalue weighted by Crippen LogP contribution is -2.60. The Morgan fingerprint density at radius 3 is 2.30 bits per heavy atom. The van der Waals surface area contributed by atoms with Crippen molar-refractivity contribution < 1.29 is 14.4 Å². The number of quaternary nitrogens is 1. The zero-order valence-corrected chi connectivity index (χ0v) is 17.4. The first-order valence-electron chi connectivity index (χ1n) is 10.8. The molecule has 1 rings (SSSR count). The molecule has 0 aromatic carbocycles. The number of aliphatic carboxylic acids is 1. The minimum atomic E-state index is -1.10. The van der Waals surface area contributed by atoms with E-state index in [1.165, 1.54) is 51.4 Å². The number of aliphatic imine (C=N–C) groups is 1. The van der Waals surface area contributed by atoms with Crippen LogP contribution in [0, 0.1) is 0 Å². The summed E-state index contributed by atoms with van der Waals surface area (Å²) < 4.78 is 0.0876. The third kappa shape index (κ3) is 8.85. The lowest BCUT2D eigenvalue weighted by Gasteiger charge is -2.36. The molecule has 0 fully saturated rings. The fourth-order valence-corrected chi connectivity index (χ4v) is 3.59. The van der Waals surface area contributed by atoms with Gasteiger partial charge in [-0.05, 0) is 25.7 Å².